The van der Waals surface area contributed by atoms with Crippen LogP contribution in [0, 0.1) is 11.2 Å². The number of fused-ring (bicyclic) bond motifs is 1. The largest absolute Gasteiger partial charge is 0.481 e. The van der Waals surface area contributed by atoms with Gasteiger partial charge >= 0.3 is 0 Å². The zero-order chi connectivity index (χ0) is 22.6. The Morgan fingerprint density at radius 3 is 2.56 bits per heavy atom. The number of hydrogen-bond acceptors (Lipinski definition) is 3. The van der Waals surface area contributed by atoms with Crippen molar-refractivity contribution in [1.82, 2.24) is 10.2 Å². The molecule has 2 aliphatic rings. The molecule has 2 amide bonds. The third kappa shape index (κ3) is 4.95. The summed E-state index contributed by atoms with van der Waals surface area (Å²) in [5, 5.41) is 3.10. The Bertz CT molecular complexity index is 969. The molecule has 0 aliphatic carbocycles. The highest BCUT2D eigenvalue weighted by atomic mass is 19.1. The lowest BCUT2D eigenvalue weighted by Crippen LogP contribution is -2.49. The number of benzene rings is 2. The molecule has 1 N–H and O–H groups in total. The van der Waals surface area contributed by atoms with Crippen LogP contribution in [0.25, 0.3) is 0 Å². The molecule has 1 spiro atoms. The van der Waals surface area contributed by atoms with E-state index in [0.29, 0.717) is 19.6 Å². The van der Waals surface area contributed by atoms with Crippen LogP contribution in [0.5, 0.6) is 5.75 Å². The predicted molar refractivity (Wildman–Crippen MR) is 121 cm³/mol. The number of para-hydroxylation sites is 1. The highest BCUT2D eigenvalue weighted by Crippen LogP contribution is 2.37. The Morgan fingerprint density at radius 2 is 1.78 bits per heavy atom. The van der Waals surface area contributed by atoms with Gasteiger partial charge in [0.15, 0.2) is 6.10 Å². The molecule has 4 rings (SSSR count). The van der Waals surface area contributed by atoms with Crippen LogP contribution in [0.15, 0.2) is 48.5 Å². The second-order valence-corrected chi connectivity index (χ2v) is 9.06. The number of amides is 2. The number of likely N-dealkylation sites (tertiary alicyclic amines) is 1. The fourth-order valence-corrected chi connectivity index (χ4v) is 4.81. The van der Waals surface area contributed by atoms with Gasteiger partial charge in [0.25, 0.3) is 11.8 Å². The number of rotatable bonds is 1. The number of ether oxygens (including phenoxy) is 1. The maximum atomic E-state index is 14.1. The van der Waals surface area contributed by atoms with Gasteiger partial charge < -0.3 is 15.0 Å². The van der Waals surface area contributed by atoms with Crippen LogP contribution in [-0.2, 0) is 11.2 Å². The van der Waals surface area contributed by atoms with Gasteiger partial charge in [-0.25, -0.2) is 4.39 Å². The van der Waals surface area contributed by atoms with Crippen molar-refractivity contribution in [3.8, 4) is 5.75 Å². The first-order valence-corrected chi connectivity index (χ1v) is 11.5. The van der Waals surface area contributed by atoms with E-state index in [4.69, 9.17) is 4.74 Å². The lowest BCUT2D eigenvalue weighted by atomic mass is 9.74. The highest BCUT2D eigenvalue weighted by molar-refractivity contribution is 5.94. The van der Waals surface area contributed by atoms with E-state index in [2.05, 4.69) is 11.4 Å². The summed E-state index contributed by atoms with van der Waals surface area (Å²) in [6.45, 7) is 3.49. The number of halogens is 1. The van der Waals surface area contributed by atoms with Gasteiger partial charge in [-0.15, -0.1) is 0 Å². The molecule has 2 aliphatic heterocycles. The first-order valence-electron chi connectivity index (χ1n) is 11.5. The molecule has 170 valence electrons. The summed E-state index contributed by atoms with van der Waals surface area (Å²) in [6, 6.07) is 14.1. The Balaban J connectivity index is 1.44. The number of carbonyl (C=O) groups excluding carboxylic acids is 2. The van der Waals surface area contributed by atoms with E-state index in [1.807, 2.05) is 18.2 Å². The third-order valence-corrected chi connectivity index (χ3v) is 6.90. The summed E-state index contributed by atoms with van der Waals surface area (Å²) in [5.41, 5.74) is 1.20. The predicted octanol–water partition coefficient (Wildman–Crippen LogP) is 4.36. The molecule has 32 heavy (non-hydrogen) atoms. The number of piperidine rings is 1. The van der Waals surface area contributed by atoms with Crippen molar-refractivity contribution in [1.29, 1.82) is 0 Å². The lowest BCUT2D eigenvalue weighted by Gasteiger charge is -2.42. The van der Waals surface area contributed by atoms with Crippen molar-refractivity contribution in [3.05, 3.63) is 65.5 Å². The molecule has 2 heterocycles. The van der Waals surface area contributed by atoms with Crippen molar-refractivity contribution in [2.45, 2.75) is 51.6 Å². The molecule has 0 unspecified atom stereocenters. The molecular formula is C26H31FN2O3. The van der Waals surface area contributed by atoms with Crippen LogP contribution < -0.4 is 10.1 Å². The molecular weight excluding hydrogens is 407 g/mol. The molecule has 1 fully saturated rings. The highest BCUT2D eigenvalue weighted by Gasteiger charge is 2.37. The van der Waals surface area contributed by atoms with Gasteiger partial charge in [-0.1, -0.05) is 36.8 Å². The van der Waals surface area contributed by atoms with Crippen LogP contribution in [-0.4, -0.2) is 42.5 Å². The zero-order valence-corrected chi connectivity index (χ0v) is 18.6. The second kappa shape index (κ2) is 9.72. The molecule has 0 bridgehead atoms. The third-order valence-electron chi connectivity index (χ3n) is 6.90. The van der Waals surface area contributed by atoms with Crippen LogP contribution in [0.3, 0.4) is 0 Å². The van der Waals surface area contributed by atoms with Crippen molar-refractivity contribution in [2.24, 2.45) is 5.41 Å². The minimum absolute atomic E-state index is 0.0554. The minimum Gasteiger partial charge on any atom is -0.481 e. The van der Waals surface area contributed by atoms with E-state index >= 15 is 0 Å². The topological polar surface area (TPSA) is 58.6 Å². The zero-order valence-electron chi connectivity index (χ0n) is 18.6. The van der Waals surface area contributed by atoms with Gasteiger partial charge in [0.1, 0.15) is 11.6 Å². The number of carbonyl (C=O) groups is 2. The smallest absolute Gasteiger partial charge is 0.260 e. The van der Waals surface area contributed by atoms with Crippen LogP contribution in [0.4, 0.5) is 4.39 Å². The van der Waals surface area contributed by atoms with E-state index in [-0.39, 0.29) is 22.8 Å². The van der Waals surface area contributed by atoms with Gasteiger partial charge in [0, 0.05) is 19.6 Å². The summed E-state index contributed by atoms with van der Waals surface area (Å²) >= 11 is 0. The number of aryl methyl sites for hydroxylation is 1. The second-order valence-electron chi connectivity index (χ2n) is 9.06. The fourth-order valence-electron chi connectivity index (χ4n) is 4.81. The van der Waals surface area contributed by atoms with Crippen LogP contribution >= 0.6 is 0 Å². The summed E-state index contributed by atoms with van der Waals surface area (Å²) in [7, 11) is 0. The number of hydrogen-bond donors (Lipinski definition) is 1. The summed E-state index contributed by atoms with van der Waals surface area (Å²) < 4.78 is 20.0. The molecule has 1 saturated heterocycles. The van der Waals surface area contributed by atoms with Gasteiger partial charge in [0.05, 0.1) is 5.56 Å². The van der Waals surface area contributed by atoms with E-state index < -0.39 is 11.9 Å². The van der Waals surface area contributed by atoms with E-state index in [1.54, 1.807) is 24.0 Å². The van der Waals surface area contributed by atoms with Crippen LogP contribution in [0.1, 0.15) is 54.9 Å². The molecule has 1 atom stereocenters. The van der Waals surface area contributed by atoms with Gasteiger partial charge in [-0.05, 0) is 68.2 Å². The summed E-state index contributed by atoms with van der Waals surface area (Å²) in [4.78, 5) is 27.3. The number of nitrogens with zero attached hydrogens (tertiary/aromatic N) is 1. The summed E-state index contributed by atoms with van der Waals surface area (Å²) in [6.07, 6.45) is 5.00. The molecule has 0 aromatic heterocycles. The Hall–Kier alpha value is -2.89. The van der Waals surface area contributed by atoms with Crippen molar-refractivity contribution in [2.75, 3.05) is 19.6 Å². The van der Waals surface area contributed by atoms with Gasteiger partial charge in [0.2, 0.25) is 0 Å². The molecule has 5 nitrogen and oxygen atoms in total. The van der Waals surface area contributed by atoms with Crippen molar-refractivity contribution in [3.63, 3.8) is 0 Å². The van der Waals surface area contributed by atoms with Crippen molar-refractivity contribution < 1.29 is 18.7 Å². The standard InChI is InChI=1S/C26H31FN2O3/c1-19-24(30)28-18-26(13-7-6-9-20-8-2-5-12-23(20)32-19)14-16-29(17-15-26)25(31)21-10-3-4-11-22(21)27/h2-5,8,10-12,19H,6-7,9,13-18H2,1H3,(H,28,30)/t19-/m1/s1. The lowest BCUT2D eigenvalue weighted by molar-refractivity contribution is -0.128. The quantitative estimate of drug-likeness (QED) is 0.720. The minimum atomic E-state index is -0.574. The monoisotopic (exact) mass is 438 g/mol. The molecule has 2 aromatic rings. The molecule has 2 aromatic carbocycles. The average molecular weight is 439 g/mol. The number of nitrogens with one attached hydrogen (secondary N) is 1. The SMILES string of the molecule is C[C@H]1Oc2ccccc2CCCCC2(CCN(C(=O)c3ccccc3F)CC2)CNC1=O. The van der Waals surface area contributed by atoms with Gasteiger partial charge in [-0.2, -0.15) is 0 Å². The first kappa shape index (κ1) is 22.3. The van der Waals surface area contributed by atoms with Crippen LogP contribution in [0.2, 0.25) is 0 Å². The molecule has 0 radical (unpaired) electrons. The Labute approximate surface area is 188 Å². The Kier molecular flexibility index (Phi) is 6.77. The summed E-state index contributed by atoms with van der Waals surface area (Å²) in [5.74, 6) is -0.0749. The average Bonchev–Trinajstić information content (AvgIpc) is 2.81. The van der Waals surface area contributed by atoms with Crippen molar-refractivity contribution >= 4 is 11.8 Å². The molecule has 0 saturated carbocycles. The normalized spacial score (nSPS) is 21.5. The van der Waals surface area contributed by atoms with E-state index in [0.717, 1.165) is 49.8 Å². The maximum Gasteiger partial charge on any atom is 0.260 e. The van der Waals surface area contributed by atoms with Gasteiger partial charge in [-0.3, -0.25) is 9.59 Å². The fraction of sp³-hybridized carbons (Fsp3) is 0.462. The van der Waals surface area contributed by atoms with E-state index in [9.17, 15) is 14.0 Å². The Morgan fingerprint density at radius 1 is 1.06 bits per heavy atom. The molecule has 6 heteroatoms. The van der Waals surface area contributed by atoms with E-state index in [1.165, 1.54) is 12.1 Å². The maximum absolute atomic E-state index is 14.1. The first-order chi connectivity index (χ1) is 15.5.